The number of aromatic nitrogens is 1. The molecule has 106 valence electrons. The van der Waals surface area contributed by atoms with E-state index in [9.17, 15) is 13.2 Å². The average molecular weight is 293 g/mol. The van der Waals surface area contributed by atoms with Crippen LogP contribution in [0.25, 0.3) is 0 Å². The number of H-pyrrole nitrogens is 1. The molecule has 1 amide bonds. The van der Waals surface area contributed by atoms with E-state index in [0.717, 1.165) is 5.69 Å². The monoisotopic (exact) mass is 293 g/mol. The van der Waals surface area contributed by atoms with Crippen molar-refractivity contribution in [1.29, 1.82) is 0 Å². The van der Waals surface area contributed by atoms with Crippen molar-refractivity contribution in [2.75, 3.05) is 5.32 Å². The number of anilines is 1. The fraction of sp³-hybridized carbons (Fsp3) is 0.154. The van der Waals surface area contributed by atoms with E-state index in [1.54, 1.807) is 30.5 Å². The zero-order valence-corrected chi connectivity index (χ0v) is 11.7. The molecule has 1 heterocycles. The van der Waals surface area contributed by atoms with E-state index in [1.165, 1.54) is 19.1 Å². The minimum atomic E-state index is -3.56. The summed E-state index contributed by atoms with van der Waals surface area (Å²) in [5.41, 5.74) is 1.34. The lowest BCUT2D eigenvalue weighted by Gasteiger charge is -2.07. The summed E-state index contributed by atoms with van der Waals surface area (Å²) >= 11 is 0. The Kier molecular flexibility index (Phi) is 4.21. The molecule has 0 aliphatic heterocycles. The molecule has 2 aromatic rings. The number of benzene rings is 1. The Bertz CT molecular complexity index is 676. The Balaban J connectivity index is 2.07. The fourth-order valence-corrected chi connectivity index (χ4v) is 2.66. The predicted molar refractivity (Wildman–Crippen MR) is 75.6 cm³/mol. The molecular weight excluding hydrogens is 278 g/mol. The summed E-state index contributed by atoms with van der Waals surface area (Å²) in [6.07, 6.45) is 1.73. The molecule has 2 rings (SSSR count). The maximum Gasteiger partial charge on any atom is 0.240 e. The van der Waals surface area contributed by atoms with Crippen LogP contribution in [0.1, 0.15) is 12.6 Å². The summed E-state index contributed by atoms with van der Waals surface area (Å²) in [4.78, 5) is 14.0. The molecule has 1 aromatic carbocycles. The van der Waals surface area contributed by atoms with Gasteiger partial charge in [-0.25, -0.2) is 13.1 Å². The summed E-state index contributed by atoms with van der Waals surface area (Å²) in [5, 5.41) is 2.58. The van der Waals surface area contributed by atoms with Crippen LogP contribution in [-0.4, -0.2) is 19.3 Å². The number of rotatable bonds is 5. The molecule has 0 spiro atoms. The Morgan fingerprint density at radius 2 is 1.90 bits per heavy atom. The lowest BCUT2D eigenvalue weighted by molar-refractivity contribution is -0.114. The first-order valence-electron chi connectivity index (χ1n) is 5.97. The number of carbonyl (C=O) groups is 1. The van der Waals surface area contributed by atoms with Gasteiger partial charge in [-0.3, -0.25) is 4.79 Å². The Morgan fingerprint density at radius 3 is 2.45 bits per heavy atom. The molecule has 0 bridgehead atoms. The molecule has 0 radical (unpaired) electrons. The van der Waals surface area contributed by atoms with Crippen molar-refractivity contribution in [3.63, 3.8) is 0 Å². The van der Waals surface area contributed by atoms with Crippen molar-refractivity contribution in [3.05, 3.63) is 48.3 Å². The van der Waals surface area contributed by atoms with Crippen molar-refractivity contribution in [1.82, 2.24) is 9.71 Å². The maximum atomic E-state index is 12.0. The van der Waals surface area contributed by atoms with E-state index >= 15 is 0 Å². The molecule has 0 saturated heterocycles. The smallest absolute Gasteiger partial charge is 0.240 e. The van der Waals surface area contributed by atoms with E-state index in [2.05, 4.69) is 15.0 Å². The van der Waals surface area contributed by atoms with Gasteiger partial charge in [0.25, 0.3) is 0 Å². The van der Waals surface area contributed by atoms with Crippen LogP contribution in [0.3, 0.4) is 0 Å². The molecule has 6 nitrogen and oxygen atoms in total. The lowest BCUT2D eigenvalue weighted by Crippen LogP contribution is -2.23. The second-order valence-corrected chi connectivity index (χ2v) is 5.99. The fourth-order valence-electron chi connectivity index (χ4n) is 1.65. The highest BCUT2D eigenvalue weighted by atomic mass is 32.2. The van der Waals surface area contributed by atoms with Crippen molar-refractivity contribution in [2.45, 2.75) is 18.4 Å². The normalized spacial score (nSPS) is 11.2. The molecule has 1 aromatic heterocycles. The number of carbonyl (C=O) groups excluding carboxylic acids is 1. The van der Waals surface area contributed by atoms with Gasteiger partial charge in [-0.1, -0.05) is 0 Å². The Hall–Kier alpha value is -2.12. The summed E-state index contributed by atoms with van der Waals surface area (Å²) in [7, 11) is -3.56. The molecule has 7 heteroatoms. The van der Waals surface area contributed by atoms with Gasteiger partial charge in [-0.2, -0.15) is 0 Å². The van der Waals surface area contributed by atoms with Crippen molar-refractivity contribution >= 4 is 21.6 Å². The number of hydrogen-bond acceptors (Lipinski definition) is 3. The summed E-state index contributed by atoms with van der Waals surface area (Å²) in [6, 6.07) is 9.58. The van der Waals surface area contributed by atoms with Crippen LogP contribution in [0.4, 0.5) is 5.69 Å². The molecule has 0 aliphatic carbocycles. The van der Waals surface area contributed by atoms with E-state index in [4.69, 9.17) is 0 Å². The first-order valence-corrected chi connectivity index (χ1v) is 7.45. The topological polar surface area (TPSA) is 91.1 Å². The van der Waals surface area contributed by atoms with Crippen LogP contribution >= 0.6 is 0 Å². The van der Waals surface area contributed by atoms with Crippen LogP contribution in [0.15, 0.2) is 47.5 Å². The Morgan fingerprint density at radius 1 is 1.20 bits per heavy atom. The van der Waals surface area contributed by atoms with E-state index in [-0.39, 0.29) is 17.3 Å². The van der Waals surface area contributed by atoms with Gasteiger partial charge in [-0.15, -0.1) is 0 Å². The van der Waals surface area contributed by atoms with Crippen molar-refractivity contribution in [3.8, 4) is 0 Å². The quantitative estimate of drug-likeness (QED) is 0.779. The number of aromatic amines is 1. The number of hydrogen-bond donors (Lipinski definition) is 3. The van der Waals surface area contributed by atoms with Gasteiger partial charge < -0.3 is 10.3 Å². The van der Waals surface area contributed by atoms with Gasteiger partial charge in [0.05, 0.1) is 11.4 Å². The van der Waals surface area contributed by atoms with Crippen molar-refractivity contribution < 1.29 is 13.2 Å². The van der Waals surface area contributed by atoms with Gasteiger partial charge in [0, 0.05) is 24.5 Å². The first kappa shape index (κ1) is 14.3. The maximum absolute atomic E-state index is 12.0. The number of amides is 1. The zero-order valence-electron chi connectivity index (χ0n) is 10.9. The predicted octanol–water partition coefficient (Wildman–Crippen LogP) is 1.45. The highest BCUT2D eigenvalue weighted by Gasteiger charge is 2.13. The van der Waals surface area contributed by atoms with E-state index in [0.29, 0.717) is 5.69 Å². The summed E-state index contributed by atoms with van der Waals surface area (Å²) < 4.78 is 26.6. The SMILES string of the molecule is CC(=O)Nc1ccc(S(=O)(=O)NCc2ccc[nH]2)cc1. The minimum absolute atomic E-state index is 0.151. The second kappa shape index (κ2) is 5.89. The lowest BCUT2D eigenvalue weighted by atomic mass is 10.3. The largest absolute Gasteiger partial charge is 0.364 e. The van der Waals surface area contributed by atoms with E-state index < -0.39 is 10.0 Å². The van der Waals surface area contributed by atoms with Crippen LogP contribution in [-0.2, 0) is 21.4 Å². The van der Waals surface area contributed by atoms with Crippen LogP contribution < -0.4 is 10.0 Å². The van der Waals surface area contributed by atoms with Gasteiger partial charge in [0.2, 0.25) is 15.9 Å². The van der Waals surface area contributed by atoms with Gasteiger partial charge in [0.15, 0.2) is 0 Å². The number of nitrogens with one attached hydrogen (secondary N) is 3. The number of sulfonamides is 1. The third-order valence-corrected chi connectivity index (χ3v) is 4.02. The average Bonchev–Trinajstić information content (AvgIpc) is 2.89. The molecule has 0 fully saturated rings. The highest BCUT2D eigenvalue weighted by molar-refractivity contribution is 7.89. The second-order valence-electron chi connectivity index (χ2n) is 4.23. The van der Waals surface area contributed by atoms with Gasteiger partial charge >= 0.3 is 0 Å². The molecular formula is C13H15N3O3S. The third-order valence-electron chi connectivity index (χ3n) is 2.60. The summed E-state index contributed by atoms with van der Waals surface area (Å²) in [6.45, 7) is 1.59. The van der Waals surface area contributed by atoms with Crippen LogP contribution in [0, 0.1) is 0 Å². The molecule has 3 N–H and O–H groups in total. The highest BCUT2D eigenvalue weighted by Crippen LogP contribution is 2.14. The van der Waals surface area contributed by atoms with Crippen molar-refractivity contribution in [2.24, 2.45) is 0 Å². The molecule has 0 atom stereocenters. The minimum Gasteiger partial charge on any atom is -0.364 e. The van der Waals surface area contributed by atoms with Gasteiger partial charge in [0.1, 0.15) is 0 Å². The van der Waals surface area contributed by atoms with Crippen LogP contribution in [0.2, 0.25) is 0 Å². The summed E-state index contributed by atoms with van der Waals surface area (Å²) in [5.74, 6) is -0.203. The molecule has 20 heavy (non-hydrogen) atoms. The third kappa shape index (κ3) is 3.69. The standard InChI is InChI=1S/C13H15N3O3S/c1-10(17)16-11-4-6-13(7-5-11)20(18,19)15-9-12-3-2-8-14-12/h2-8,14-15H,9H2,1H3,(H,16,17). The molecule has 0 unspecified atom stereocenters. The molecule has 0 aliphatic rings. The van der Waals surface area contributed by atoms with Crippen LogP contribution in [0.5, 0.6) is 0 Å². The molecule has 0 saturated carbocycles. The van der Waals surface area contributed by atoms with E-state index in [1.807, 2.05) is 0 Å². The Labute approximate surface area is 117 Å². The first-order chi connectivity index (χ1) is 9.47. The van der Waals surface area contributed by atoms with Gasteiger partial charge in [-0.05, 0) is 36.4 Å². The zero-order chi connectivity index (χ0) is 14.6.